The fourth-order valence-electron chi connectivity index (χ4n) is 1.92. The lowest BCUT2D eigenvalue weighted by molar-refractivity contribution is -0.0500. The van der Waals surface area contributed by atoms with Crippen LogP contribution in [-0.4, -0.2) is 21.8 Å². The SMILES string of the molecule is FC(F)Oc1ccc(-c2cc(-c3ccccc3)n[nH]2)nc1. The van der Waals surface area contributed by atoms with Gasteiger partial charge in [0.05, 0.1) is 23.3 Å². The van der Waals surface area contributed by atoms with E-state index >= 15 is 0 Å². The second-order valence-electron chi connectivity index (χ2n) is 4.29. The van der Waals surface area contributed by atoms with Gasteiger partial charge in [-0.05, 0) is 18.2 Å². The zero-order valence-electron chi connectivity index (χ0n) is 10.8. The molecule has 0 amide bonds. The van der Waals surface area contributed by atoms with E-state index in [1.165, 1.54) is 12.3 Å². The molecule has 1 N–H and O–H groups in total. The van der Waals surface area contributed by atoms with Crippen LogP contribution in [0.25, 0.3) is 22.6 Å². The first kappa shape index (κ1) is 13.2. The normalized spacial score (nSPS) is 10.8. The summed E-state index contributed by atoms with van der Waals surface area (Å²) in [6, 6.07) is 14.6. The van der Waals surface area contributed by atoms with Crippen LogP contribution in [0.3, 0.4) is 0 Å². The number of rotatable bonds is 4. The number of pyridine rings is 1. The molecule has 0 aliphatic rings. The van der Waals surface area contributed by atoms with Crippen molar-refractivity contribution in [1.82, 2.24) is 15.2 Å². The van der Waals surface area contributed by atoms with Crippen LogP contribution in [0.5, 0.6) is 5.75 Å². The molecule has 2 aromatic heterocycles. The maximum absolute atomic E-state index is 12.1. The Morgan fingerprint density at radius 3 is 2.48 bits per heavy atom. The Bertz CT molecular complexity index is 711. The van der Waals surface area contributed by atoms with Crippen LogP contribution >= 0.6 is 0 Å². The van der Waals surface area contributed by atoms with Gasteiger partial charge in [-0.2, -0.15) is 13.9 Å². The van der Waals surface area contributed by atoms with E-state index in [1.807, 2.05) is 36.4 Å². The van der Waals surface area contributed by atoms with Crippen LogP contribution < -0.4 is 4.74 Å². The third-order valence-electron chi connectivity index (χ3n) is 2.88. The molecule has 0 unspecified atom stereocenters. The van der Waals surface area contributed by atoms with Crippen LogP contribution in [0, 0.1) is 0 Å². The number of H-pyrrole nitrogens is 1. The van der Waals surface area contributed by atoms with Gasteiger partial charge in [0.15, 0.2) is 0 Å². The number of aromatic nitrogens is 3. The standard InChI is InChI=1S/C15H11F2N3O/c16-15(17)21-11-6-7-12(18-9-11)14-8-13(19-20-14)10-4-2-1-3-5-10/h1-9,15H,(H,19,20). The summed E-state index contributed by atoms with van der Waals surface area (Å²) in [5.41, 5.74) is 3.08. The van der Waals surface area contributed by atoms with Crippen molar-refractivity contribution < 1.29 is 13.5 Å². The van der Waals surface area contributed by atoms with Gasteiger partial charge in [0.1, 0.15) is 5.75 Å². The van der Waals surface area contributed by atoms with Gasteiger partial charge in [0, 0.05) is 5.56 Å². The van der Waals surface area contributed by atoms with Gasteiger partial charge in [-0.1, -0.05) is 30.3 Å². The van der Waals surface area contributed by atoms with E-state index in [2.05, 4.69) is 19.9 Å². The molecule has 21 heavy (non-hydrogen) atoms. The van der Waals surface area contributed by atoms with Crippen molar-refractivity contribution in [3.63, 3.8) is 0 Å². The first-order valence-electron chi connectivity index (χ1n) is 6.24. The summed E-state index contributed by atoms with van der Waals surface area (Å²) < 4.78 is 28.4. The molecule has 0 saturated carbocycles. The smallest absolute Gasteiger partial charge is 0.387 e. The molecule has 0 aliphatic carbocycles. The van der Waals surface area contributed by atoms with E-state index in [4.69, 9.17) is 0 Å². The molecule has 1 aromatic carbocycles. The van der Waals surface area contributed by atoms with E-state index < -0.39 is 6.61 Å². The Kier molecular flexibility index (Phi) is 3.59. The van der Waals surface area contributed by atoms with Crippen LogP contribution in [0.1, 0.15) is 0 Å². The lowest BCUT2D eigenvalue weighted by Crippen LogP contribution is -2.02. The van der Waals surface area contributed by atoms with E-state index in [1.54, 1.807) is 6.07 Å². The van der Waals surface area contributed by atoms with Crippen molar-refractivity contribution in [2.24, 2.45) is 0 Å². The molecule has 0 spiro atoms. The Morgan fingerprint density at radius 2 is 1.81 bits per heavy atom. The number of hydrogen-bond donors (Lipinski definition) is 1. The largest absolute Gasteiger partial charge is 0.433 e. The molecule has 2 heterocycles. The monoisotopic (exact) mass is 287 g/mol. The van der Waals surface area contributed by atoms with Gasteiger partial charge in [0.25, 0.3) is 0 Å². The summed E-state index contributed by atoms with van der Waals surface area (Å²) in [6.07, 6.45) is 1.25. The maximum atomic E-state index is 12.1. The molecular weight excluding hydrogens is 276 g/mol. The van der Waals surface area contributed by atoms with E-state index in [0.29, 0.717) is 11.4 Å². The zero-order valence-corrected chi connectivity index (χ0v) is 10.8. The number of nitrogens with one attached hydrogen (secondary N) is 1. The summed E-state index contributed by atoms with van der Waals surface area (Å²) in [5.74, 6) is 0.0246. The number of alkyl halides is 2. The number of halogens is 2. The minimum atomic E-state index is -2.85. The predicted molar refractivity (Wildman–Crippen MR) is 73.9 cm³/mol. The van der Waals surface area contributed by atoms with Crippen LogP contribution in [0.2, 0.25) is 0 Å². The fraction of sp³-hybridized carbons (Fsp3) is 0.0667. The van der Waals surface area contributed by atoms with Gasteiger partial charge >= 0.3 is 6.61 Å². The average molecular weight is 287 g/mol. The fourth-order valence-corrected chi connectivity index (χ4v) is 1.92. The van der Waals surface area contributed by atoms with Crippen molar-refractivity contribution in [2.75, 3.05) is 0 Å². The maximum Gasteiger partial charge on any atom is 0.387 e. The Balaban J connectivity index is 1.83. The third-order valence-corrected chi connectivity index (χ3v) is 2.88. The molecule has 0 aliphatic heterocycles. The van der Waals surface area contributed by atoms with Gasteiger partial charge in [-0.3, -0.25) is 10.1 Å². The molecule has 0 radical (unpaired) electrons. The minimum absolute atomic E-state index is 0.0246. The highest BCUT2D eigenvalue weighted by Crippen LogP contribution is 2.23. The first-order valence-corrected chi connectivity index (χ1v) is 6.24. The van der Waals surface area contributed by atoms with Gasteiger partial charge in [-0.25, -0.2) is 0 Å². The van der Waals surface area contributed by atoms with Gasteiger partial charge < -0.3 is 4.74 Å². The molecule has 6 heteroatoms. The molecule has 0 bridgehead atoms. The first-order chi connectivity index (χ1) is 10.2. The van der Waals surface area contributed by atoms with Crippen molar-refractivity contribution in [3.8, 4) is 28.4 Å². The Morgan fingerprint density at radius 1 is 1.00 bits per heavy atom. The summed E-state index contributed by atoms with van der Waals surface area (Å²) in [5, 5.41) is 7.10. The van der Waals surface area contributed by atoms with E-state index in [-0.39, 0.29) is 5.75 Å². The molecule has 3 rings (SSSR count). The highest BCUT2D eigenvalue weighted by Gasteiger charge is 2.08. The molecule has 0 saturated heterocycles. The van der Waals surface area contributed by atoms with Crippen LogP contribution in [-0.2, 0) is 0 Å². The summed E-state index contributed by atoms with van der Waals surface area (Å²) in [7, 11) is 0. The summed E-state index contributed by atoms with van der Waals surface area (Å²) >= 11 is 0. The number of nitrogens with zero attached hydrogens (tertiary/aromatic N) is 2. The number of ether oxygens (including phenoxy) is 1. The predicted octanol–water partition coefficient (Wildman–Crippen LogP) is 3.74. The lowest BCUT2D eigenvalue weighted by Gasteiger charge is -2.03. The van der Waals surface area contributed by atoms with Crippen molar-refractivity contribution >= 4 is 0 Å². The third kappa shape index (κ3) is 3.05. The molecule has 3 aromatic rings. The molecular formula is C15H11F2N3O. The van der Waals surface area contributed by atoms with Crippen LogP contribution in [0.4, 0.5) is 8.78 Å². The van der Waals surface area contributed by atoms with E-state index in [9.17, 15) is 8.78 Å². The summed E-state index contributed by atoms with van der Waals surface area (Å²) in [6.45, 7) is -2.85. The number of hydrogen-bond acceptors (Lipinski definition) is 3. The highest BCUT2D eigenvalue weighted by atomic mass is 19.3. The average Bonchev–Trinajstić information content (AvgIpc) is 2.98. The van der Waals surface area contributed by atoms with Crippen molar-refractivity contribution in [1.29, 1.82) is 0 Å². The Hall–Kier alpha value is -2.76. The Labute approximate surface area is 119 Å². The second kappa shape index (κ2) is 5.70. The number of aromatic amines is 1. The van der Waals surface area contributed by atoms with Crippen LogP contribution in [0.15, 0.2) is 54.7 Å². The zero-order chi connectivity index (χ0) is 14.7. The van der Waals surface area contributed by atoms with Crippen molar-refractivity contribution in [3.05, 3.63) is 54.7 Å². The lowest BCUT2D eigenvalue weighted by atomic mass is 10.1. The number of benzene rings is 1. The molecule has 0 atom stereocenters. The highest BCUT2D eigenvalue weighted by molar-refractivity contribution is 5.66. The molecule has 4 nitrogen and oxygen atoms in total. The second-order valence-corrected chi connectivity index (χ2v) is 4.29. The minimum Gasteiger partial charge on any atom is -0.433 e. The quantitative estimate of drug-likeness (QED) is 0.795. The van der Waals surface area contributed by atoms with Gasteiger partial charge in [-0.15, -0.1) is 0 Å². The molecule has 0 fully saturated rings. The summed E-state index contributed by atoms with van der Waals surface area (Å²) in [4.78, 5) is 4.08. The molecule has 106 valence electrons. The van der Waals surface area contributed by atoms with Crippen molar-refractivity contribution in [2.45, 2.75) is 6.61 Å². The van der Waals surface area contributed by atoms with Gasteiger partial charge in [0.2, 0.25) is 0 Å². The van der Waals surface area contributed by atoms with E-state index in [0.717, 1.165) is 11.3 Å². The topological polar surface area (TPSA) is 50.8 Å².